The van der Waals surface area contributed by atoms with E-state index < -0.39 is 15.6 Å². The summed E-state index contributed by atoms with van der Waals surface area (Å²) in [4.78, 5) is 13.7. The minimum absolute atomic E-state index is 0.196. The van der Waals surface area contributed by atoms with E-state index in [0.29, 0.717) is 25.3 Å². The maximum absolute atomic E-state index is 13.4. The van der Waals surface area contributed by atoms with Crippen LogP contribution in [-0.4, -0.2) is 55.8 Å². The largest absolute Gasteiger partial charge is 0.484 e. The SMILES string of the molecule is CC(=O)Nc1ccc(S(=O)(=O)N2CCCC3(CN(C)Cc4cc(C)ccc4O3)C2)cc1. The van der Waals surface area contributed by atoms with Crippen LogP contribution in [0.1, 0.15) is 30.9 Å². The second kappa shape index (κ2) is 8.26. The van der Waals surface area contributed by atoms with E-state index in [-0.39, 0.29) is 10.8 Å². The second-order valence-corrected chi connectivity index (χ2v) is 10.7. The summed E-state index contributed by atoms with van der Waals surface area (Å²) in [6.07, 6.45) is 1.54. The number of amides is 1. The van der Waals surface area contributed by atoms with Gasteiger partial charge in [0.1, 0.15) is 11.4 Å². The monoisotopic (exact) mass is 443 g/mol. The van der Waals surface area contributed by atoms with Gasteiger partial charge in [0.15, 0.2) is 0 Å². The van der Waals surface area contributed by atoms with Crippen molar-refractivity contribution in [3.05, 3.63) is 53.6 Å². The van der Waals surface area contributed by atoms with E-state index in [9.17, 15) is 13.2 Å². The number of aryl methyl sites for hydroxylation is 1. The Balaban J connectivity index is 1.60. The number of fused-ring (bicyclic) bond motifs is 1. The van der Waals surface area contributed by atoms with Crippen LogP contribution in [0.5, 0.6) is 5.75 Å². The summed E-state index contributed by atoms with van der Waals surface area (Å²) in [5.41, 5.74) is 2.30. The van der Waals surface area contributed by atoms with Gasteiger partial charge < -0.3 is 10.1 Å². The summed E-state index contributed by atoms with van der Waals surface area (Å²) >= 11 is 0. The first-order valence-electron chi connectivity index (χ1n) is 10.5. The Hall–Kier alpha value is -2.42. The fraction of sp³-hybridized carbons (Fsp3) is 0.435. The molecule has 1 saturated heterocycles. The third kappa shape index (κ3) is 4.61. The summed E-state index contributed by atoms with van der Waals surface area (Å²) in [5.74, 6) is 0.646. The lowest BCUT2D eigenvalue weighted by molar-refractivity contribution is -0.114. The molecule has 1 unspecified atom stereocenters. The third-order valence-electron chi connectivity index (χ3n) is 5.86. The molecule has 31 heavy (non-hydrogen) atoms. The van der Waals surface area contributed by atoms with Crippen molar-refractivity contribution >= 4 is 21.6 Å². The summed E-state index contributed by atoms with van der Waals surface area (Å²) in [7, 11) is -1.62. The van der Waals surface area contributed by atoms with Crippen molar-refractivity contribution in [2.24, 2.45) is 0 Å². The van der Waals surface area contributed by atoms with Crippen LogP contribution in [0.3, 0.4) is 0 Å². The zero-order valence-corrected chi connectivity index (χ0v) is 19.0. The van der Waals surface area contributed by atoms with E-state index in [0.717, 1.165) is 30.7 Å². The highest BCUT2D eigenvalue weighted by Crippen LogP contribution is 2.36. The molecule has 2 aliphatic heterocycles. The lowest BCUT2D eigenvalue weighted by Crippen LogP contribution is -2.57. The van der Waals surface area contributed by atoms with Gasteiger partial charge in [-0.05, 0) is 57.1 Å². The van der Waals surface area contributed by atoms with Crippen molar-refractivity contribution in [1.82, 2.24) is 9.21 Å². The molecule has 1 N–H and O–H groups in total. The number of nitrogens with one attached hydrogen (secondary N) is 1. The lowest BCUT2D eigenvalue weighted by atomic mass is 9.93. The molecule has 0 saturated carbocycles. The van der Waals surface area contributed by atoms with Gasteiger partial charge >= 0.3 is 0 Å². The van der Waals surface area contributed by atoms with Crippen molar-refractivity contribution in [3.63, 3.8) is 0 Å². The number of nitrogens with zero attached hydrogens (tertiary/aromatic N) is 2. The van der Waals surface area contributed by atoms with Crippen molar-refractivity contribution in [2.45, 2.75) is 43.7 Å². The van der Waals surface area contributed by atoms with Crippen LogP contribution in [0.25, 0.3) is 0 Å². The van der Waals surface area contributed by atoms with Crippen molar-refractivity contribution < 1.29 is 17.9 Å². The Morgan fingerprint density at radius 1 is 1.13 bits per heavy atom. The molecular formula is C23H29N3O4S. The predicted octanol–water partition coefficient (Wildman–Crippen LogP) is 3.00. The second-order valence-electron chi connectivity index (χ2n) is 8.72. The molecule has 2 heterocycles. The quantitative estimate of drug-likeness (QED) is 0.789. The standard InChI is InChI=1S/C23H29N3O4S/c1-17-5-10-22-19(13-17)14-25(3)15-23(30-22)11-4-12-26(16-23)31(28,29)21-8-6-20(7-9-21)24-18(2)27/h5-10,13H,4,11-12,14-16H2,1-3H3,(H,24,27). The predicted molar refractivity (Wildman–Crippen MR) is 120 cm³/mol. The molecule has 0 radical (unpaired) electrons. The molecule has 2 aliphatic rings. The first kappa shape index (κ1) is 21.8. The fourth-order valence-corrected chi connectivity index (χ4v) is 6.13. The lowest BCUT2D eigenvalue weighted by Gasteiger charge is -2.42. The van der Waals surface area contributed by atoms with Crippen LogP contribution in [0, 0.1) is 6.92 Å². The molecule has 8 heteroatoms. The minimum atomic E-state index is -3.67. The number of likely N-dealkylation sites (N-methyl/N-ethyl adjacent to an activating group) is 1. The van der Waals surface area contributed by atoms with Crippen LogP contribution < -0.4 is 10.1 Å². The summed E-state index contributed by atoms with van der Waals surface area (Å²) in [6, 6.07) is 12.5. The molecule has 0 aliphatic carbocycles. The number of piperidine rings is 1. The number of ether oxygens (including phenoxy) is 1. The molecule has 7 nitrogen and oxygen atoms in total. The number of carbonyl (C=O) groups is 1. The number of hydrogen-bond donors (Lipinski definition) is 1. The van der Waals surface area contributed by atoms with Gasteiger partial charge in [0.05, 0.1) is 11.4 Å². The third-order valence-corrected chi connectivity index (χ3v) is 7.72. The number of rotatable bonds is 3. The van der Waals surface area contributed by atoms with Crippen LogP contribution in [0.2, 0.25) is 0 Å². The van der Waals surface area contributed by atoms with Crippen LogP contribution in [0.4, 0.5) is 5.69 Å². The van der Waals surface area contributed by atoms with E-state index in [1.165, 1.54) is 16.8 Å². The van der Waals surface area contributed by atoms with Crippen LogP contribution in [-0.2, 0) is 21.4 Å². The number of anilines is 1. The zero-order valence-electron chi connectivity index (χ0n) is 18.2. The van der Waals surface area contributed by atoms with E-state index in [4.69, 9.17) is 4.74 Å². The molecular weight excluding hydrogens is 414 g/mol. The van der Waals surface area contributed by atoms with E-state index in [1.54, 1.807) is 24.3 Å². The first-order valence-corrected chi connectivity index (χ1v) is 12.0. The van der Waals surface area contributed by atoms with Gasteiger partial charge in [0, 0.05) is 37.8 Å². The zero-order chi connectivity index (χ0) is 22.2. The minimum Gasteiger partial charge on any atom is -0.484 e. The Morgan fingerprint density at radius 2 is 1.87 bits per heavy atom. The van der Waals surface area contributed by atoms with E-state index in [1.807, 2.05) is 12.1 Å². The van der Waals surface area contributed by atoms with Crippen molar-refractivity contribution in [3.8, 4) is 5.75 Å². The molecule has 1 amide bonds. The van der Waals surface area contributed by atoms with Gasteiger partial charge in [-0.25, -0.2) is 8.42 Å². The molecule has 2 aromatic carbocycles. The highest BCUT2D eigenvalue weighted by Gasteiger charge is 2.44. The Labute approximate surface area is 184 Å². The average molecular weight is 444 g/mol. The van der Waals surface area contributed by atoms with E-state index >= 15 is 0 Å². The maximum Gasteiger partial charge on any atom is 0.243 e. The molecule has 1 fully saturated rings. The Morgan fingerprint density at radius 3 is 2.58 bits per heavy atom. The molecule has 0 aromatic heterocycles. The maximum atomic E-state index is 13.4. The number of benzene rings is 2. The van der Waals surface area contributed by atoms with Gasteiger partial charge in [-0.3, -0.25) is 9.69 Å². The Kier molecular flexibility index (Phi) is 5.81. The number of sulfonamides is 1. The normalized spacial score (nSPS) is 22.4. The summed E-state index contributed by atoms with van der Waals surface area (Å²) in [6.45, 7) is 5.68. The molecule has 1 spiro atoms. The molecule has 2 aromatic rings. The highest BCUT2D eigenvalue weighted by molar-refractivity contribution is 7.89. The van der Waals surface area contributed by atoms with Crippen LogP contribution in [0.15, 0.2) is 47.4 Å². The summed E-state index contributed by atoms with van der Waals surface area (Å²) < 4.78 is 34.8. The average Bonchev–Trinajstić information content (AvgIpc) is 2.82. The fourth-order valence-electron chi connectivity index (χ4n) is 4.57. The van der Waals surface area contributed by atoms with Crippen molar-refractivity contribution in [1.29, 1.82) is 0 Å². The van der Waals surface area contributed by atoms with Gasteiger partial charge in [-0.15, -0.1) is 0 Å². The highest BCUT2D eigenvalue weighted by atomic mass is 32.2. The van der Waals surface area contributed by atoms with Gasteiger partial charge in [0.25, 0.3) is 0 Å². The van der Waals surface area contributed by atoms with Crippen molar-refractivity contribution in [2.75, 3.05) is 32.0 Å². The smallest absolute Gasteiger partial charge is 0.243 e. The number of hydrogen-bond acceptors (Lipinski definition) is 5. The van der Waals surface area contributed by atoms with Crippen LogP contribution >= 0.6 is 0 Å². The van der Waals surface area contributed by atoms with Gasteiger partial charge in [0.2, 0.25) is 15.9 Å². The molecule has 166 valence electrons. The molecule has 0 bridgehead atoms. The first-order chi connectivity index (χ1) is 14.7. The molecule has 1 atom stereocenters. The van der Waals surface area contributed by atoms with E-state index in [2.05, 4.69) is 30.3 Å². The topological polar surface area (TPSA) is 79.0 Å². The van der Waals surface area contributed by atoms with Gasteiger partial charge in [-0.2, -0.15) is 4.31 Å². The van der Waals surface area contributed by atoms with Gasteiger partial charge in [-0.1, -0.05) is 17.7 Å². The molecule has 4 rings (SSSR count). The summed E-state index contributed by atoms with van der Waals surface area (Å²) in [5, 5.41) is 2.66. The number of carbonyl (C=O) groups excluding carboxylic acids is 1. The Bertz CT molecular complexity index is 1080.